The first-order chi connectivity index (χ1) is 10.0. The number of aromatic nitrogens is 2. The van der Waals surface area contributed by atoms with E-state index in [1.54, 1.807) is 0 Å². The number of halogens is 3. The molecule has 0 saturated heterocycles. The molecule has 0 unspecified atom stereocenters. The highest BCUT2D eigenvalue weighted by Gasteiger charge is 2.30. The third kappa shape index (κ3) is 3.60. The minimum atomic E-state index is -4.34. The van der Waals surface area contributed by atoms with Gasteiger partial charge in [0.2, 0.25) is 11.8 Å². The normalized spacial score (nSPS) is 15.4. The number of benzene rings is 1. The maximum atomic E-state index is 12.5. The van der Waals surface area contributed by atoms with E-state index in [0.717, 1.165) is 18.7 Å². The summed E-state index contributed by atoms with van der Waals surface area (Å²) in [4.78, 5) is 0. The molecule has 7 heteroatoms. The standard InChI is InChI=1S/C14H14F3N3O/c15-14(16,17)10-3-1-9(2-4-10)13-20-19-12(21-13)7-8-18-11-5-6-11/h1-4,11,18H,5-8H2. The van der Waals surface area contributed by atoms with E-state index in [0.29, 0.717) is 23.9 Å². The van der Waals surface area contributed by atoms with Crippen LogP contribution < -0.4 is 5.32 Å². The fourth-order valence-electron chi connectivity index (χ4n) is 1.94. The van der Waals surface area contributed by atoms with Gasteiger partial charge in [0, 0.05) is 24.6 Å². The first kappa shape index (κ1) is 14.1. The Balaban J connectivity index is 1.64. The average molecular weight is 297 g/mol. The second-order valence-electron chi connectivity index (χ2n) is 5.05. The van der Waals surface area contributed by atoms with E-state index in [2.05, 4.69) is 15.5 Å². The quantitative estimate of drug-likeness (QED) is 0.921. The number of hydrogen-bond acceptors (Lipinski definition) is 4. The topological polar surface area (TPSA) is 51.0 Å². The van der Waals surface area contributed by atoms with Gasteiger partial charge in [-0.25, -0.2) is 0 Å². The van der Waals surface area contributed by atoms with Crippen LogP contribution in [0.3, 0.4) is 0 Å². The van der Waals surface area contributed by atoms with Crippen LogP contribution in [-0.4, -0.2) is 22.8 Å². The number of alkyl halides is 3. The molecule has 1 saturated carbocycles. The first-order valence-electron chi connectivity index (χ1n) is 6.76. The van der Waals surface area contributed by atoms with E-state index in [1.165, 1.54) is 25.0 Å². The number of hydrogen-bond donors (Lipinski definition) is 1. The minimum absolute atomic E-state index is 0.241. The van der Waals surface area contributed by atoms with Gasteiger partial charge in [-0.3, -0.25) is 0 Å². The van der Waals surface area contributed by atoms with Crippen molar-refractivity contribution in [2.75, 3.05) is 6.54 Å². The zero-order valence-corrected chi connectivity index (χ0v) is 11.2. The highest BCUT2D eigenvalue weighted by Crippen LogP contribution is 2.30. The third-order valence-electron chi connectivity index (χ3n) is 3.28. The molecule has 0 atom stereocenters. The van der Waals surface area contributed by atoms with Crippen molar-refractivity contribution in [3.8, 4) is 11.5 Å². The van der Waals surface area contributed by atoms with Crippen LogP contribution in [0.25, 0.3) is 11.5 Å². The lowest BCUT2D eigenvalue weighted by Gasteiger charge is -2.05. The molecule has 1 fully saturated rings. The Morgan fingerprint density at radius 3 is 2.48 bits per heavy atom. The Hall–Kier alpha value is -1.89. The molecule has 4 nitrogen and oxygen atoms in total. The molecule has 0 bridgehead atoms. The Kier molecular flexibility index (Phi) is 3.67. The predicted octanol–water partition coefficient (Wildman–Crippen LogP) is 3.05. The van der Waals surface area contributed by atoms with Gasteiger partial charge in [0.15, 0.2) is 0 Å². The van der Waals surface area contributed by atoms with Crippen LogP contribution >= 0.6 is 0 Å². The zero-order chi connectivity index (χ0) is 14.9. The molecular weight excluding hydrogens is 283 g/mol. The van der Waals surface area contributed by atoms with Gasteiger partial charge < -0.3 is 9.73 Å². The Bertz CT molecular complexity index is 603. The summed E-state index contributed by atoms with van der Waals surface area (Å²) in [5, 5.41) is 11.1. The van der Waals surface area contributed by atoms with Crippen molar-refractivity contribution in [2.24, 2.45) is 0 Å². The molecule has 0 aliphatic heterocycles. The highest BCUT2D eigenvalue weighted by molar-refractivity contribution is 5.53. The summed E-state index contributed by atoms with van der Waals surface area (Å²) in [6, 6.07) is 5.30. The summed E-state index contributed by atoms with van der Waals surface area (Å²) in [6.45, 7) is 0.763. The van der Waals surface area contributed by atoms with Crippen LogP contribution in [0.1, 0.15) is 24.3 Å². The number of nitrogens with one attached hydrogen (secondary N) is 1. The largest absolute Gasteiger partial charge is 0.421 e. The van der Waals surface area contributed by atoms with E-state index >= 15 is 0 Å². The summed E-state index contributed by atoms with van der Waals surface area (Å²) in [6.07, 6.45) is -1.31. The number of nitrogens with zero attached hydrogens (tertiary/aromatic N) is 2. The Morgan fingerprint density at radius 2 is 1.86 bits per heavy atom. The summed E-state index contributed by atoms with van der Waals surface area (Å²) in [5.74, 6) is 0.725. The molecule has 1 N–H and O–H groups in total. The van der Waals surface area contributed by atoms with Crippen molar-refractivity contribution in [2.45, 2.75) is 31.5 Å². The molecule has 1 heterocycles. The molecule has 1 aliphatic carbocycles. The van der Waals surface area contributed by atoms with E-state index in [1.807, 2.05) is 0 Å². The molecule has 1 aromatic heterocycles. The SMILES string of the molecule is FC(F)(F)c1ccc(-c2nnc(CCNC3CC3)o2)cc1. The maximum absolute atomic E-state index is 12.5. The van der Waals surface area contributed by atoms with Crippen molar-refractivity contribution in [1.82, 2.24) is 15.5 Å². The van der Waals surface area contributed by atoms with Gasteiger partial charge in [0.05, 0.1) is 5.56 Å². The zero-order valence-electron chi connectivity index (χ0n) is 11.2. The van der Waals surface area contributed by atoms with E-state index in [-0.39, 0.29) is 5.89 Å². The minimum Gasteiger partial charge on any atom is -0.421 e. The molecule has 1 aromatic carbocycles. The lowest BCUT2D eigenvalue weighted by Crippen LogP contribution is -2.19. The summed E-state index contributed by atoms with van der Waals surface area (Å²) < 4.78 is 42.9. The van der Waals surface area contributed by atoms with Gasteiger partial charge in [0.1, 0.15) is 0 Å². The summed E-state index contributed by atoms with van der Waals surface area (Å²) in [5.41, 5.74) is -0.212. The third-order valence-corrected chi connectivity index (χ3v) is 3.28. The fourth-order valence-corrected chi connectivity index (χ4v) is 1.94. The van der Waals surface area contributed by atoms with Gasteiger partial charge in [-0.2, -0.15) is 13.2 Å². The van der Waals surface area contributed by atoms with Crippen LogP contribution in [0.5, 0.6) is 0 Å². The molecule has 1 aliphatic rings. The van der Waals surface area contributed by atoms with Crippen LogP contribution in [0.4, 0.5) is 13.2 Å². The number of rotatable bonds is 5. The lowest BCUT2D eigenvalue weighted by molar-refractivity contribution is -0.137. The molecule has 0 radical (unpaired) electrons. The van der Waals surface area contributed by atoms with Crippen molar-refractivity contribution in [3.63, 3.8) is 0 Å². The van der Waals surface area contributed by atoms with Crippen LogP contribution in [0.2, 0.25) is 0 Å². The van der Waals surface area contributed by atoms with Crippen LogP contribution in [0.15, 0.2) is 28.7 Å². The van der Waals surface area contributed by atoms with Gasteiger partial charge in [-0.15, -0.1) is 10.2 Å². The fraction of sp³-hybridized carbons (Fsp3) is 0.429. The first-order valence-corrected chi connectivity index (χ1v) is 6.76. The molecule has 3 rings (SSSR count). The van der Waals surface area contributed by atoms with Gasteiger partial charge in [-0.1, -0.05) is 0 Å². The molecular formula is C14H14F3N3O. The summed E-state index contributed by atoms with van der Waals surface area (Å²) in [7, 11) is 0. The van der Waals surface area contributed by atoms with E-state index < -0.39 is 11.7 Å². The molecule has 0 spiro atoms. The van der Waals surface area contributed by atoms with Gasteiger partial charge in [-0.05, 0) is 37.1 Å². The van der Waals surface area contributed by atoms with Gasteiger partial charge >= 0.3 is 6.18 Å². The Morgan fingerprint density at radius 1 is 1.14 bits per heavy atom. The molecule has 112 valence electrons. The predicted molar refractivity (Wildman–Crippen MR) is 69.5 cm³/mol. The average Bonchev–Trinajstić information content (AvgIpc) is 3.14. The highest BCUT2D eigenvalue weighted by atomic mass is 19.4. The van der Waals surface area contributed by atoms with Crippen LogP contribution in [-0.2, 0) is 12.6 Å². The summed E-state index contributed by atoms with van der Waals surface area (Å²) >= 11 is 0. The van der Waals surface area contributed by atoms with Crippen molar-refractivity contribution in [3.05, 3.63) is 35.7 Å². The maximum Gasteiger partial charge on any atom is 0.416 e. The van der Waals surface area contributed by atoms with Crippen molar-refractivity contribution in [1.29, 1.82) is 0 Å². The van der Waals surface area contributed by atoms with Crippen molar-refractivity contribution < 1.29 is 17.6 Å². The molecule has 2 aromatic rings. The second kappa shape index (κ2) is 5.48. The van der Waals surface area contributed by atoms with Gasteiger partial charge in [0.25, 0.3) is 0 Å². The van der Waals surface area contributed by atoms with Crippen molar-refractivity contribution >= 4 is 0 Å². The lowest BCUT2D eigenvalue weighted by atomic mass is 10.1. The van der Waals surface area contributed by atoms with E-state index in [9.17, 15) is 13.2 Å². The molecule has 21 heavy (non-hydrogen) atoms. The second-order valence-corrected chi connectivity index (χ2v) is 5.05. The smallest absolute Gasteiger partial charge is 0.416 e. The molecule has 0 amide bonds. The van der Waals surface area contributed by atoms with Crippen LogP contribution in [0, 0.1) is 0 Å². The van der Waals surface area contributed by atoms with E-state index in [4.69, 9.17) is 4.42 Å². The Labute approximate surface area is 119 Å². The monoisotopic (exact) mass is 297 g/mol.